The van der Waals surface area contributed by atoms with Crippen molar-refractivity contribution in [1.29, 1.82) is 0 Å². The van der Waals surface area contributed by atoms with Crippen molar-refractivity contribution >= 4 is 6.03 Å². The zero-order valence-electron chi connectivity index (χ0n) is 9.06. The molecule has 0 bridgehead atoms. The number of carbonyl (C=O) groups is 1. The van der Waals surface area contributed by atoms with Crippen LogP contribution in [0.5, 0.6) is 0 Å². The molecule has 0 spiro atoms. The number of ether oxygens (including phenoxy) is 1. The molecule has 0 saturated carbocycles. The van der Waals surface area contributed by atoms with Crippen molar-refractivity contribution in [2.24, 2.45) is 0 Å². The van der Waals surface area contributed by atoms with Gasteiger partial charge < -0.3 is 15.4 Å². The second kappa shape index (κ2) is 5.50. The molecule has 88 valence electrons. The Balaban J connectivity index is 1.60. The van der Waals surface area contributed by atoms with E-state index in [1.807, 2.05) is 12.3 Å². The first-order valence-electron chi connectivity index (χ1n) is 5.44. The summed E-state index contributed by atoms with van der Waals surface area (Å²) in [6.45, 7) is 2.60. The molecule has 16 heavy (non-hydrogen) atoms. The molecule has 1 aliphatic rings. The van der Waals surface area contributed by atoms with Crippen molar-refractivity contribution in [3.8, 4) is 0 Å². The number of rotatable bonds is 4. The number of hydrogen-bond donors (Lipinski definition) is 2. The van der Waals surface area contributed by atoms with Gasteiger partial charge in [-0.1, -0.05) is 0 Å². The number of hydrogen-bond acceptors (Lipinski definition) is 3. The third-order valence-electron chi connectivity index (χ3n) is 2.45. The molecule has 1 unspecified atom stereocenters. The van der Waals surface area contributed by atoms with Crippen LogP contribution < -0.4 is 10.6 Å². The zero-order chi connectivity index (χ0) is 11.2. The van der Waals surface area contributed by atoms with Crippen LogP contribution in [0.15, 0.2) is 18.5 Å². The maximum absolute atomic E-state index is 11.4. The lowest BCUT2D eigenvalue weighted by Crippen LogP contribution is -2.43. The number of carbonyl (C=O) groups excluding carboxylic acids is 1. The van der Waals surface area contributed by atoms with E-state index in [1.165, 1.54) is 0 Å². The summed E-state index contributed by atoms with van der Waals surface area (Å²) in [7, 11) is 0. The molecule has 0 aliphatic carbocycles. The topological polar surface area (TPSA) is 68.2 Å². The van der Waals surface area contributed by atoms with E-state index in [9.17, 15) is 4.79 Å². The highest BCUT2D eigenvalue weighted by Gasteiger charge is 2.17. The first-order valence-corrected chi connectivity index (χ1v) is 5.44. The molecule has 1 aliphatic heterocycles. The first-order chi connectivity index (χ1) is 7.84. The van der Waals surface area contributed by atoms with Crippen LogP contribution >= 0.6 is 0 Å². The monoisotopic (exact) mass is 224 g/mol. The second-order valence-electron chi connectivity index (χ2n) is 3.73. The lowest BCUT2D eigenvalue weighted by molar-refractivity contribution is 0.188. The average Bonchev–Trinajstić information content (AvgIpc) is 2.90. The second-order valence-corrected chi connectivity index (χ2v) is 3.73. The number of nitrogens with one attached hydrogen (secondary N) is 2. The number of amides is 2. The Morgan fingerprint density at radius 1 is 1.62 bits per heavy atom. The standard InChI is InChI=1S/C10H16N4O2/c15-10(13-9-2-7-16-8-9)11-4-6-14-5-1-3-12-14/h1,3,5,9H,2,4,6-8H2,(H2,11,13,15). The van der Waals surface area contributed by atoms with Gasteiger partial charge in [-0.2, -0.15) is 5.10 Å². The molecular formula is C10H16N4O2. The Morgan fingerprint density at radius 2 is 2.56 bits per heavy atom. The number of aromatic nitrogens is 2. The summed E-state index contributed by atoms with van der Waals surface area (Å²) in [4.78, 5) is 11.4. The smallest absolute Gasteiger partial charge is 0.315 e. The van der Waals surface area contributed by atoms with E-state index in [0.29, 0.717) is 19.7 Å². The Kier molecular flexibility index (Phi) is 3.76. The summed E-state index contributed by atoms with van der Waals surface area (Å²) in [6, 6.07) is 1.88. The number of nitrogens with zero attached hydrogens (tertiary/aromatic N) is 2. The van der Waals surface area contributed by atoms with Crippen LogP contribution in [-0.2, 0) is 11.3 Å². The molecule has 0 radical (unpaired) electrons. The van der Waals surface area contributed by atoms with E-state index in [4.69, 9.17) is 4.74 Å². The summed E-state index contributed by atoms with van der Waals surface area (Å²) in [6.07, 6.45) is 4.48. The van der Waals surface area contributed by atoms with E-state index >= 15 is 0 Å². The van der Waals surface area contributed by atoms with Crippen LogP contribution in [-0.4, -0.2) is 41.6 Å². The van der Waals surface area contributed by atoms with Crippen molar-refractivity contribution in [1.82, 2.24) is 20.4 Å². The maximum atomic E-state index is 11.4. The molecule has 1 atom stereocenters. The molecule has 1 saturated heterocycles. The predicted octanol–water partition coefficient (Wildman–Crippen LogP) is -0.0288. The fourth-order valence-electron chi connectivity index (χ4n) is 1.60. The quantitative estimate of drug-likeness (QED) is 0.754. The van der Waals surface area contributed by atoms with Crippen LogP contribution in [0.2, 0.25) is 0 Å². The van der Waals surface area contributed by atoms with E-state index in [1.54, 1.807) is 10.9 Å². The predicted molar refractivity (Wildman–Crippen MR) is 58.0 cm³/mol. The molecule has 2 amide bonds. The average molecular weight is 224 g/mol. The van der Waals surface area contributed by atoms with Gasteiger partial charge in [0.15, 0.2) is 0 Å². The molecule has 6 heteroatoms. The lowest BCUT2D eigenvalue weighted by atomic mass is 10.3. The van der Waals surface area contributed by atoms with Gasteiger partial charge in [0.05, 0.1) is 19.2 Å². The zero-order valence-corrected chi connectivity index (χ0v) is 9.06. The van der Waals surface area contributed by atoms with Crippen LogP contribution in [0, 0.1) is 0 Å². The van der Waals surface area contributed by atoms with E-state index in [2.05, 4.69) is 15.7 Å². The van der Waals surface area contributed by atoms with Gasteiger partial charge in [-0.05, 0) is 12.5 Å². The van der Waals surface area contributed by atoms with Gasteiger partial charge in [0.25, 0.3) is 0 Å². The largest absolute Gasteiger partial charge is 0.379 e. The SMILES string of the molecule is O=C(NCCn1cccn1)NC1CCOC1. The molecule has 0 aromatic carbocycles. The Hall–Kier alpha value is -1.56. The minimum atomic E-state index is -0.136. The van der Waals surface area contributed by atoms with Crippen molar-refractivity contribution in [3.05, 3.63) is 18.5 Å². The van der Waals surface area contributed by atoms with Crippen molar-refractivity contribution in [2.45, 2.75) is 19.0 Å². The van der Waals surface area contributed by atoms with Crippen LogP contribution in [0.4, 0.5) is 4.79 Å². The van der Waals surface area contributed by atoms with Gasteiger partial charge in [-0.15, -0.1) is 0 Å². The summed E-state index contributed by atoms with van der Waals surface area (Å²) in [5.74, 6) is 0. The fourth-order valence-corrected chi connectivity index (χ4v) is 1.60. The fraction of sp³-hybridized carbons (Fsp3) is 0.600. The summed E-state index contributed by atoms with van der Waals surface area (Å²) in [5, 5.41) is 9.68. The third kappa shape index (κ3) is 3.23. The van der Waals surface area contributed by atoms with Gasteiger partial charge in [0, 0.05) is 25.5 Å². The first kappa shape index (κ1) is 10.9. The van der Waals surface area contributed by atoms with Gasteiger partial charge in [-0.3, -0.25) is 4.68 Å². The third-order valence-corrected chi connectivity index (χ3v) is 2.45. The maximum Gasteiger partial charge on any atom is 0.315 e. The van der Waals surface area contributed by atoms with Crippen molar-refractivity contribution in [2.75, 3.05) is 19.8 Å². The Labute approximate surface area is 94.0 Å². The van der Waals surface area contributed by atoms with Gasteiger partial charge >= 0.3 is 6.03 Å². The molecule has 1 fully saturated rings. The van der Waals surface area contributed by atoms with E-state index < -0.39 is 0 Å². The van der Waals surface area contributed by atoms with E-state index in [0.717, 1.165) is 13.0 Å². The minimum absolute atomic E-state index is 0.136. The van der Waals surface area contributed by atoms with Crippen LogP contribution in [0.25, 0.3) is 0 Å². The normalized spacial score (nSPS) is 19.6. The van der Waals surface area contributed by atoms with Gasteiger partial charge in [-0.25, -0.2) is 4.79 Å². The molecule has 1 aromatic heterocycles. The highest BCUT2D eigenvalue weighted by Crippen LogP contribution is 2.02. The van der Waals surface area contributed by atoms with Gasteiger partial charge in [0.2, 0.25) is 0 Å². The van der Waals surface area contributed by atoms with Crippen LogP contribution in [0.3, 0.4) is 0 Å². The Morgan fingerprint density at radius 3 is 3.25 bits per heavy atom. The van der Waals surface area contributed by atoms with Crippen molar-refractivity contribution < 1.29 is 9.53 Å². The molecule has 6 nitrogen and oxygen atoms in total. The molecular weight excluding hydrogens is 208 g/mol. The van der Waals surface area contributed by atoms with Gasteiger partial charge in [0.1, 0.15) is 0 Å². The summed E-state index contributed by atoms with van der Waals surface area (Å²) < 4.78 is 6.94. The lowest BCUT2D eigenvalue weighted by Gasteiger charge is -2.11. The molecule has 2 N–H and O–H groups in total. The summed E-state index contributed by atoms with van der Waals surface area (Å²) >= 11 is 0. The van der Waals surface area contributed by atoms with E-state index in [-0.39, 0.29) is 12.1 Å². The Bertz CT molecular complexity index is 320. The van der Waals surface area contributed by atoms with Crippen LogP contribution in [0.1, 0.15) is 6.42 Å². The van der Waals surface area contributed by atoms with Crippen molar-refractivity contribution in [3.63, 3.8) is 0 Å². The molecule has 2 heterocycles. The summed E-state index contributed by atoms with van der Waals surface area (Å²) in [5.41, 5.74) is 0. The highest BCUT2D eigenvalue weighted by molar-refractivity contribution is 5.74. The molecule has 1 aromatic rings. The molecule has 2 rings (SSSR count). The highest BCUT2D eigenvalue weighted by atomic mass is 16.5. The number of urea groups is 1. The minimum Gasteiger partial charge on any atom is -0.379 e.